The van der Waals surface area contributed by atoms with Gasteiger partial charge in [0, 0.05) is 0 Å². The first-order chi connectivity index (χ1) is 7.65. The van der Waals surface area contributed by atoms with Crippen LogP contribution >= 0.6 is 0 Å². The minimum Gasteiger partial charge on any atom is -0.382 e. The normalized spacial score (nSPS) is 11.4. The number of aryl methyl sites for hydroxylation is 2. The lowest BCUT2D eigenvalue weighted by atomic mass is 10.1. The van der Waals surface area contributed by atoms with Crippen LogP contribution in [-0.2, 0) is 0 Å². The highest BCUT2D eigenvalue weighted by Gasteiger charge is 2.08. The average molecular weight is 213 g/mol. The molecule has 0 atom stereocenters. The summed E-state index contributed by atoms with van der Waals surface area (Å²) in [6.07, 6.45) is 0. The highest BCUT2D eigenvalue weighted by Crippen LogP contribution is 2.20. The lowest BCUT2D eigenvalue weighted by molar-refractivity contribution is 1.11. The number of benzene rings is 1. The van der Waals surface area contributed by atoms with E-state index in [1.54, 1.807) is 0 Å². The van der Waals surface area contributed by atoms with Crippen molar-refractivity contribution >= 4 is 28.0 Å². The number of aromatic nitrogens is 4. The number of H-pyrrole nitrogens is 1. The van der Waals surface area contributed by atoms with E-state index in [2.05, 4.69) is 34.0 Å². The van der Waals surface area contributed by atoms with Crippen molar-refractivity contribution < 1.29 is 0 Å². The number of nitrogen functional groups attached to an aromatic ring is 1. The van der Waals surface area contributed by atoms with Crippen LogP contribution in [-0.4, -0.2) is 20.2 Å². The van der Waals surface area contributed by atoms with Gasteiger partial charge in [-0.3, -0.25) is 5.10 Å². The van der Waals surface area contributed by atoms with Crippen molar-refractivity contribution in [1.82, 2.24) is 20.2 Å². The van der Waals surface area contributed by atoms with Crippen LogP contribution in [0, 0.1) is 13.8 Å². The number of nitrogens with two attached hydrogens (primary N) is 1. The number of anilines is 1. The molecule has 3 aromatic rings. The molecule has 2 aromatic heterocycles. The van der Waals surface area contributed by atoms with E-state index in [1.165, 1.54) is 11.1 Å². The fourth-order valence-electron chi connectivity index (χ4n) is 1.73. The molecule has 0 spiro atoms. The van der Waals surface area contributed by atoms with Crippen molar-refractivity contribution in [3.05, 3.63) is 23.3 Å². The maximum atomic E-state index is 5.71. The quantitative estimate of drug-likeness (QED) is 0.595. The largest absolute Gasteiger partial charge is 0.382 e. The summed E-state index contributed by atoms with van der Waals surface area (Å²) < 4.78 is 0. The Hall–Kier alpha value is -2.17. The Morgan fingerprint density at radius 3 is 2.38 bits per heavy atom. The van der Waals surface area contributed by atoms with Gasteiger partial charge in [0.25, 0.3) is 0 Å². The lowest BCUT2D eigenvalue weighted by Gasteiger charge is -2.02. The zero-order valence-electron chi connectivity index (χ0n) is 9.07. The third-order valence-electron chi connectivity index (χ3n) is 2.80. The van der Waals surface area contributed by atoms with Gasteiger partial charge in [-0.05, 0) is 37.1 Å². The van der Waals surface area contributed by atoms with Gasteiger partial charge in [-0.1, -0.05) is 0 Å². The fourth-order valence-corrected chi connectivity index (χ4v) is 1.73. The zero-order valence-corrected chi connectivity index (χ0v) is 9.07. The molecule has 0 unspecified atom stereocenters. The molecule has 0 aliphatic carbocycles. The van der Waals surface area contributed by atoms with Crippen molar-refractivity contribution in [2.45, 2.75) is 13.8 Å². The summed E-state index contributed by atoms with van der Waals surface area (Å²) in [5.41, 5.74) is 11.0. The van der Waals surface area contributed by atoms with Crippen LogP contribution in [0.5, 0.6) is 0 Å². The van der Waals surface area contributed by atoms with Gasteiger partial charge in [0.05, 0.1) is 11.0 Å². The second-order valence-electron chi connectivity index (χ2n) is 3.96. The standard InChI is InChI=1S/C11H11N5/c1-5-3-7-8(4-6(5)2)14-11-9(13-7)10(12)15-16-11/h3-4H,1-2H3,(H3,12,14,15,16). The molecule has 0 fully saturated rings. The molecule has 0 saturated carbocycles. The van der Waals surface area contributed by atoms with E-state index in [9.17, 15) is 0 Å². The summed E-state index contributed by atoms with van der Waals surface area (Å²) in [5.74, 6) is 0.461. The molecule has 0 saturated heterocycles. The van der Waals surface area contributed by atoms with Crippen LogP contribution in [0.4, 0.5) is 5.82 Å². The third-order valence-corrected chi connectivity index (χ3v) is 2.80. The smallest absolute Gasteiger partial charge is 0.202 e. The van der Waals surface area contributed by atoms with E-state index in [4.69, 9.17) is 5.73 Å². The second-order valence-corrected chi connectivity index (χ2v) is 3.96. The van der Waals surface area contributed by atoms with Gasteiger partial charge in [-0.15, -0.1) is 0 Å². The van der Waals surface area contributed by atoms with E-state index in [1.807, 2.05) is 12.1 Å². The monoisotopic (exact) mass is 213 g/mol. The minimum atomic E-state index is 0.461. The molecule has 3 rings (SSSR count). The van der Waals surface area contributed by atoms with Gasteiger partial charge in [-0.25, -0.2) is 9.97 Å². The van der Waals surface area contributed by atoms with Crippen molar-refractivity contribution in [2.24, 2.45) is 0 Å². The number of nitrogens with one attached hydrogen (secondary N) is 1. The zero-order chi connectivity index (χ0) is 11.3. The summed E-state index contributed by atoms with van der Waals surface area (Å²) in [7, 11) is 0. The number of hydrogen-bond donors (Lipinski definition) is 2. The van der Waals surface area contributed by atoms with Crippen molar-refractivity contribution in [1.29, 1.82) is 0 Å². The second kappa shape index (κ2) is 2.91. The molecule has 0 bridgehead atoms. The Bertz CT molecular complexity index is 698. The van der Waals surface area contributed by atoms with E-state index in [0.717, 1.165) is 11.0 Å². The third kappa shape index (κ3) is 1.14. The Morgan fingerprint density at radius 2 is 1.69 bits per heavy atom. The topological polar surface area (TPSA) is 80.5 Å². The predicted octanol–water partition coefficient (Wildman–Crippen LogP) is 1.71. The number of hydrogen-bond acceptors (Lipinski definition) is 4. The molecule has 0 aliphatic rings. The van der Waals surface area contributed by atoms with Crippen LogP contribution in [0.25, 0.3) is 22.2 Å². The molecule has 0 aliphatic heterocycles. The maximum absolute atomic E-state index is 5.71. The fraction of sp³-hybridized carbons (Fsp3) is 0.182. The summed E-state index contributed by atoms with van der Waals surface area (Å²) in [4.78, 5) is 8.87. The van der Waals surface area contributed by atoms with E-state index >= 15 is 0 Å². The number of nitrogens with zero attached hydrogens (tertiary/aromatic N) is 3. The van der Waals surface area contributed by atoms with Crippen molar-refractivity contribution in [3.8, 4) is 0 Å². The molecule has 0 radical (unpaired) electrons. The first kappa shape index (κ1) is 9.08. The van der Waals surface area contributed by atoms with Gasteiger partial charge in [0.15, 0.2) is 5.52 Å². The molecular weight excluding hydrogens is 202 g/mol. The Morgan fingerprint density at radius 1 is 1.06 bits per heavy atom. The molecule has 0 amide bonds. The van der Waals surface area contributed by atoms with Crippen LogP contribution < -0.4 is 5.73 Å². The lowest BCUT2D eigenvalue weighted by Crippen LogP contribution is -1.91. The molecule has 5 nitrogen and oxygen atoms in total. The molecule has 2 heterocycles. The van der Waals surface area contributed by atoms with Gasteiger partial charge < -0.3 is 5.73 Å². The van der Waals surface area contributed by atoms with Gasteiger partial charge in [0.2, 0.25) is 5.65 Å². The summed E-state index contributed by atoms with van der Waals surface area (Å²) >= 11 is 0. The number of aromatic amines is 1. The molecule has 1 aromatic carbocycles. The van der Waals surface area contributed by atoms with E-state index < -0.39 is 0 Å². The predicted molar refractivity (Wildman–Crippen MR) is 63.1 cm³/mol. The minimum absolute atomic E-state index is 0.461. The van der Waals surface area contributed by atoms with Gasteiger partial charge in [0.1, 0.15) is 5.82 Å². The Balaban J connectivity index is 2.48. The Labute approximate surface area is 91.7 Å². The number of fused-ring (bicyclic) bond motifs is 2. The van der Waals surface area contributed by atoms with E-state index in [-0.39, 0.29) is 0 Å². The summed E-state index contributed by atoms with van der Waals surface area (Å²) in [6, 6.07) is 4.03. The molecule has 80 valence electrons. The Kier molecular flexibility index (Phi) is 1.65. The SMILES string of the molecule is Cc1cc2nc3n[nH]c(N)c3nc2cc1C. The molecule has 3 N–H and O–H groups in total. The van der Waals surface area contributed by atoms with Crippen LogP contribution in [0.1, 0.15) is 11.1 Å². The van der Waals surface area contributed by atoms with E-state index in [0.29, 0.717) is 17.0 Å². The van der Waals surface area contributed by atoms with Crippen LogP contribution in [0.3, 0.4) is 0 Å². The summed E-state index contributed by atoms with van der Waals surface area (Å²) in [6.45, 7) is 4.11. The molecule has 16 heavy (non-hydrogen) atoms. The van der Waals surface area contributed by atoms with Crippen molar-refractivity contribution in [3.63, 3.8) is 0 Å². The maximum Gasteiger partial charge on any atom is 0.202 e. The van der Waals surface area contributed by atoms with Gasteiger partial charge in [-0.2, -0.15) is 5.10 Å². The number of rotatable bonds is 0. The first-order valence-corrected chi connectivity index (χ1v) is 5.04. The summed E-state index contributed by atoms with van der Waals surface area (Å²) in [5, 5.41) is 6.68. The highest BCUT2D eigenvalue weighted by molar-refractivity contribution is 5.90. The van der Waals surface area contributed by atoms with Crippen LogP contribution in [0.15, 0.2) is 12.1 Å². The highest BCUT2D eigenvalue weighted by atomic mass is 15.2. The van der Waals surface area contributed by atoms with Gasteiger partial charge >= 0.3 is 0 Å². The molecular formula is C11H11N5. The van der Waals surface area contributed by atoms with Crippen LogP contribution in [0.2, 0.25) is 0 Å². The first-order valence-electron chi connectivity index (χ1n) is 5.04. The molecule has 5 heteroatoms. The average Bonchev–Trinajstić information content (AvgIpc) is 2.59. The van der Waals surface area contributed by atoms with Crippen molar-refractivity contribution in [2.75, 3.05) is 5.73 Å².